The van der Waals surface area contributed by atoms with Crippen molar-refractivity contribution in [3.05, 3.63) is 29.6 Å². The number of hydrogen-bond donors (Lipinski definition) is 0. The zero-order valence-electron chi connectivity index (χ0n) is 10.6. The second kappa shape index (κ2) is 6.48. The molecular weight excluding hydrogens is 228 g/mol. The Kier molecular flexibility index (Phi) is 4.68. The molecule has 0 N–H and O–H groups in total. The molecule has 0 spiro atoms. The van der Waals surface area contributed by atoms with Gasteiger partial charge in [0.15, 0.2) is 0 Å². The summed E-state index contributed by atoms with van der Waals surface area (Å²) >= 11 is 0. The van der Waals surface area contributed by atoms with Gasteiger partial charge in [0.05, 0.1) is 18.8 Å². The molecule has 0 saturated heterocycles. The first-order valence-corrected chi connectivity index (χ1v) is 6.32. The zero-order chi connectivity index (χ0) is 12.8. The Morgan fingerprint density at radius 2 is 2.28 bits per heavy atom. The molecule has 0 aliphatic heterocycles. The van der Waals surface area contributed by atoms with Gasteiger partial charge in [-0.2, -0.15) is 5.26 Å². The summed E-state index contributed by atoms with van der Waals surface area (Å²) < 4.78 is 11.2. The lowest BCUT2D eigenvalue weighted by atomic mass is 9.95. The number of pyridine rings is 1. The van der Waals surface area contributed by atoms with Gasteiger partial charge in [0, 0.05) is 18.9 Å². The number of ether oxygens (including phenoxy) is 2. The third kappa shape index (κ3) is 3.28. The SMILES string of the molecule is COC1CCCC(OCc2cccnc2C#N)C1. The van der Waals surface area contributed by atoms with E-state index in [1.807, 2.05) is 12.1 Å². The Morgan fingerprint density at radius 1 is 1.44 bits per heavy atom. The summed E-state index contributed by atoms with van der Waals surface area (Å²) in [5, 5.41) is 8.95. The van der Waals surface area contributed by atoms with Crippen LogP contribution >= 0.6 is 0 Å². The Labute approximate surface area is 108 Å². The average molecular weight is 246 g/mol. The maximum atomic E-state index is 8.95. The van der Waals surface area contributed by atoms with Crippen LogP contribution in [0.5, 0.6) is 0 Å². The fourth-order valence-electron chi connectivity index (χ4n) is 2.33. The maximum Gasteiger partial charge on any atom is 0.145 e. The third-order valence-corrected chi connectivity index (χ3v) is 3.38. The van der Waals surface area contributed by atoms with Crippen molar-refractivity contribution in [1.82, 2.24) is 4.98 Å². The lowest BCUT2D eigenvalue weighted by Gasteiger charge is -2.28. The Morgan fingerprint density at radius 3 is 3.06 bits per heavy atom. The molecule has 0 amide bonds. The highest BCUT2D eigenvalue weighted by atomic mass is 16.5. The van der Waals surface area contributed by atoms with Crippen molar-refractivity contribution >= 4 is 0 Å². The van der Waals surface area contributed by atoms with Gasteiger partial charge >= 0.3 is 0 Å². The predicted molar refractivity (Wildman–Crippen MR) is 66.8 cm³/mol. The number of methoxy groups -OCH3 is 1. The van der Waals surface area contributed by atoms with Crippen LogP contribution in [0.15, 0.2) is 18.3 Å². The first-order valence-electron chi connectivity index (χ1n) is 6.32. The number of aromatic nitrogens is 1. The van der Waals surface area contributed by atoms with Crippen molar-refractivity contribution in [3.8, 4) is 6.07 Å². The van der Waals surface area contributed by atoms with Crippen LogP contribution in [-0.4, -0.2) is 24.3 Å². The van der Waals surface area contributed by atoms with E-state index in [-0.39, 0.29) is 6.10 Å². The largest absolute Gasteiger partial charge is 0.381 e. The molecule has 4 heteroatoms. The predicted octanol–water partition coefficient (Wildman–Crippen LogP) is 2.43. The van der Waals surface area contributed by atoms with Crippen LogP contribution in [0.25, 0.3) is 0 Å². The smallest absolute Gasteiger partial charge is 0.145 e. The van der Waals surface area contributed by atoms with Crippen LogP contribution < -0.4 is 0 Å². The molecule has 18 heavy (non-hydrogen) atoms. The fourth-order valence-corrected chi connectivity index (χ4v) is 2.33. The van der Waals surface area contributed by atoms with E-state index in [4.69, 9.17) is 14.7 Å². The van der Waals surface area contributed by atoms with E-state index in [2.05, 4.69) is 11.1 Å². The molecule has 0 aromatic carbocycles. The average Bonchev–Trinajstić information content (AvgIpc) is 2.45. The van der Waals surface area contributed by atoms with Gasteiger partial charge in [-0.3, -0.25) is 0 Å². The molecule has 0 bridgehead atoms. The molecule has 1 saturated carbocycles. The van der Waals surface area contributed by atoms with Gasteiger partial charge in [-0.25, -0.2) is 4.98 Å². The van der Waals surface area contributed by atoms with Gasteiger partial charge in [-0.05, 0) is 31.7 Å². The van der Waals surface area contributed by atoms with Gasteiger partial charge in [0.1, 0.15) is 11.8 Å². The number of hydrogen-bond acceptors (Lipinski definition) is 4. The Hall–Kier alpha value is -1.44. The van der Waals surface area contributed by atoms with Crippen LogP contribution in [0.4, 0.5) is 0 Å². The van der Waals surface area contributed by atoms with Gasteiger partial charge in [-0.1, -0.05) is 6.07 Å². The van der Waals surface area contributed by atoms with Crippen molar-refractivity contribution in [2.75, 3.05) is 7.11 Å². The summed E-state index contributed by atoms with van der Waals surface area (Å²) in [6, 6.07) is 5.81. The van der Waals surface area contributed by atoms with Crippen LogP contribution in [-0.2, 0) is 16.1 Å². The zero-order valence-corrected chi connectivity index (χ0v) is 10.6. The standard InChI is InChI=1S/C14H18N2O2/c1-17-12-5-2-6-13(8-12)18-10-11-4-3-7-16-14(11)9-15/h3-4,7,12-13H,2,5-6,8,10H2,1H3. The summed E-state index contributed by atoms with van der Waals surface area (Å²) in [6.07, 6.45) is 6.45. The third-order valence-electron chi connectivity index (χ3n) is 3.38. The number of rotatable bonds is 4. The molecule has 1 aromatic rings. The molecule has 96 valence electrons. The van der Waals surface area contributed by atoms with Crippen LogP contribution in [0, 0.1) is 11.3 Å². The van der Waals surface area contributed by atoms with Crippen LogP contribution in [0.1, 0.15) is 36.9 Å². The number of nitrogens with zero attached hydrogens (tertiary/aromatic N) is 2. The molecule has 2 rings (SSSR count). The van der Waals surface area contributed by atoms with Crippen molar-refractivity contribution < 1.29 is 9.47 Å². The Balaban J connectivity index is 1.89. The highest BCUT2D eigenvalue weighted by molar-refractivity contribution is 5.29. The summed E-state index contributed by atoms with van der Waals surface area (Å²) in [6.45, 7) is 0.456. The van der Waals surface area contributed by atoms with E-state index in [1.54, 1.807) is 13.3 Å². The summed E-state index contributed by atoms with van der Waals surface area (Å²) in [4.78, 5) is 4.03. The molecule has 0 radical (unpaired) electrons. The normalized spacial score (nSPS) is 23.6. The summed E-state index contributed by atoms with van der Waals surface area (Å²) in [7, 11) is 1.75. The van der Waals surface area contributed by atoms with E-state index in [0.717, 1.165) is 31.2 Å². The van der Waals surface area contributed by atoms with Crippen molar-refractivity contribution in [2.24, 2.45) is 0 Å². The van der Waals surface area contributed by atoms with E-state index >= 15 is 0 Å². The van der Waals surface area contributed by atoms with Crippen molar-refractivity contribution in [2.45, 2.75) is 44.5 Å². The lowest BCUT2D eigenvalue weighted by molar-refractivity contribution is -0.0364. The lowest BCUT2D eigenvalue weighted by Crippen LogP contribution is -2.27. The van der Waals surface area contributed by atoms with Gasteiger partial charge in [0.25, 0.3) is 0 Å². The molecule has 1 fully saturated rings. The molecule has 2 unspecified atom stereocenters. The molecule has 1 heterocycles. The van der Waals surface area contributed by atoms with Crippen molar-refractivity contribution in [1.29, 1.82) is 5.26 Å². The van der Waals surface area contributed by atoms with Crippen molar-refractivity contribution in [3.63, 3.8) is 0 Å². The fraction of sp³-hybridized carbons (Fsp3) is 0.571. The Bertz CT molecular complexity index is 428. The first kappa shape index (κ1) is 13.0. The topological polar surface area (TPSA) is 55.1 Å². The quantitative estimate of drug-likeness (QED) is 0.818. The van der Waals surface area contributed by atoms with Gasteiger partial charge < -0.3 is 9.47 Å². The highest BCUT2D eigenvalue weighted by Gasteiger charge is 2.22. The van der Waals surface area contributed by atoms with Gasteiger partial charge in [-0.15, -0.1) is 0 Å². The number of nitriles is 1. The maximum absolute atomic E-state index is 8.95. The summed E-state index contributed by atoms with van der Waals surface area (Å²) in [5.74, 6) is 0. The van der Waals surface area contributed by atoms with E-state index < -0.39 is 0 Å². The molecule has 1 aliphatic rings. The monoisotopic (exact) mass is 246 g/mol. The molecule has 1 aliphatic carbocycles. The molecule has 2 atom stereocenters. The van der Waals surface area contributed by atoms with E-state index in [0.29, 0.717) is 18.4 Å². The first-order chi connectivity index (χ1) is 8.83. The minimum absolute atomic E-state index is 0.232. The van der Waals surface area contributed by atoms with E-state index in [9.17, 15) is 0 Å². The van der Waals surface area contributed by atoms with Crippen LogP contribution in [0.3, 0.4) is 0 Å². The molecular formula is C14H18N2O2. The van der Waals surface area contributed by atoms with Crippen LogP contribution in [0.2, 0.25) is 0 Å². The molecule has 4 nitrogen and oxygen atoms in total. The van der Waals surface area contributed by atoms with Gasteiger partial charge in [0.2, 0.25) is 0 Å². The van der Waals surface area contributed by atoms with E-state index in [1.165, 1.54) is 0 Å². The minimum atomic E-state index is 0.232. The minimum Gasteiger partial charge on any atom is -0.381 e. The molecule has 1 aromatic heterocycles. The highest BCUT2D eigenvalue weighted by Crippen LogP contribution is 2.24. The second-order valence-corrected chi connectivity index (χ2v) is 4.58. The second-order valence-electron chi connectivity index (χ2n) is 4.58. The summed E-state index contributed by atoms with van der Waals surface area (Å²) in [5.41, 5.74) is 1.32.